The topological polar surface area (TPSA) is 76.0 Å². The van der Waals surface area contributed by atoms with Crippen molar-refractivity contribution >= 4 is 16.8 Å². The molecule has 7 heteroatoms. The van der Waals surface area contributed by atoms with Gasteiger partial charge in [-0.1, -0.05) is 6.07 Å². The molecule has 4 aromatic rings. The molecule has 0 unspecified atom stereocenters. The van der Waals surface area contributed by atoms with E-state index in [4.69, 9.17) is 4.74 Å². The van der Waals surface area contributed by atoms with E-state index in [0.717, 1.165) is 22.2 Å². The first-order valence-corrected chi connectivity index (χ1v) is 9.10. The summed E-state index contributed by atoms with van der Waals surface area (Å²) in [6, 6.07) is 13.3. The first-order valence-electron chi connectivity index (χ1n) is 9.10. The van der Waals surface area contributed by atoms with Gasteiger partial charge in [-0.05, 0) is 48.9 Å². The van der Waals surface area contributed by atoms with Crippen molar-refractivity contribution in [1.82, 2.24) is 24.9 Å². The second-order valence-electron chi connectivity index (χ2n) is 6.52. The molecule has 0 atom stereocenters. The second-order valence-corrected chi connectivity index (χ2v) is 6.52. The second kappa shape index (κ2) is 7.56. The Labute approximate surface area is 162 Å². The summed E-state index contributed by atoms with van der Waals surface area (Å²) >= 11 is 0. The molecule has 2 heterocycles. The number of nitrogens with zero attached hydrogens (tertiary/aromatic N) is 4. The van der Waals surface area contributed by atoms with Crippen molar-refractivity contribution in [3.8, 4) is 11.4 Å². The van der Waals surface area contributed by atoms with Crippen LogP contribution in [0.25, 0.3) is 16.6 Å². The highest BCUT2D eigenvalue weighted by molar-refractivity contribution is 5.95. The van der Waals surface area contributed by atoms with Crippen molar-refractivity contribution < 1.29 is 9.53 Å². The summed E-state index contributed by atoms with van der Waals surface area (Å²) in [4.78, 5) is 14.6. The largest absolute Gasteiger partial charge is 0.492 e. The number of rotatable bonds is 6. The Morgan fingerprint density at radius 3 is 2.93 bits per heavy atom. The molecule has 4 rings (SSSR count). The van der Waals surface area contributed by atoms with Crippen molar-refractivity contribution in [3.63, 3.8) is 0 Å². The molecular formula is C21H21N5O2. The van der Waals surface area contributed by atoms with Crippen LogP contribution in [0.3, 0.4) is 0 Å². The third kappa shape index (κ3) is 3.46. The van der Waals surface area contributed by atoms with E-state index in [1.54, 1.807) is 41.2 Å². The summed E-state index contributed by atoms with van der Waals surface area (Å²) < 4.78 is 7.47. The van der Waals surface area contributed by atoms with Crippen molar-refractivity contribution in [2.24, 2.45) is 0 Å². The highest BCUT2D eigenvalue weighted by Gasteiger charge is 2.16. The SMILES string of the molecule is CCOc1cc(C(=O)N(C)Cc2ccc3[nH]ncc3c2)ccc1-n1cccn1. The summed E-state index contributed by atoms with van der Waals surface area (Å²) in [7, 11) is 1.80. The van der Waals surface area contributed by atoms with Crippen molar-refractivity contribution in [2.45, 2.75) is 13.5 Å². The number of nitrogens with one attached hydrogen (secondary N) is 1. The molecule has 0 saturated heterocycles. The normalized spacial score (nSPS) is 10.9. The van der Waals surface area contributed by atoms with Crippen LogP contribution in [-0.4, -0.2) is 44.4 Å². The lowest BCUT2D eigenvalue weighted by Crippen LogP contribution is -2.26. The molecule has 28 heavy (non-hydrogen) atoms. The van der Waals surface area contributed by atoms with Gasteiger partial charge < -0.3 is 9.64 Å². The monoisotopic (exact) mass is 375 g/mol. The number of hydrogen-bond donors (Lipinski definition) is 1. The van der Waals surface area contributed by atoms with E-state index in [-0.39, 0.29) is 5.91 Å². The van der Waals surface area contributed by atoms with Crippen LogP contribution in [0.15, 0.2) is 61.1 Å². The number of fused-ring (bicyclic) bond motifs is 1. The molecule has 0 aliphatic rings. The zero-order valence-electron chi connectivity index (χ0n) is 15.8. The first kappa shape index (κ1) is 17.8. The van der Waals surface area contributed by atoms with E-state index in [2.05, 4.69) is 15.3 Å². The molecule has 0 spiro atoms. The molecule has 0 fully saturated rings. The predicted octanol–water partition coefficient (Wildman–Crippen LogP) is 3.42. The highest BCUT2D eigenvalue weighted by atomic mass is 16.5. The molecule has 0 saturated carbocycles. The fourth-order valence-corrected chi connectivity index (χ4v) is 3.18. The predicted molar refractivity (Wildman–Crippen MR) is 107 cm³/mol. The van der Waals surface area contributed by atoms with Gasteiger partial charge in [-0.25, -0.2) is 4.68 Å². The lowest BCUT2D eigenvalue weighted by Gasteiger charge is -2.19. The maximum Gasteiger partial charge on any atom is 0.254 e. The average Bonchev–Trinajstić information content (AvgIpc) is 3.39. The van der Waals surface area contributed by atoms with E-state index in [9.17, 15) is 4.79 Å². The Kier molecular flexibility index (Phi) is 4.80. The van der Waals surface area contributed by atoms with Crippen LogP contribution in [0.4, 0.5) is 0 Å². The molecule has 2 aromatic carbocycles. The lowest BCUT2D eigenvalue weighted by molar-refractivity contribution is 0.0784. The van der Waals surface area contributed by atoms with E-state index in [0.29, 0.717) is 24.5 Å². The Morgan fingerprint density at radius 2 is 2.14 bits per heavy atom. The highest BCUT2D eigenvalue weighted by Crippen LogP contribution is 2.25. The van der Waals surface area contributed by atoms with Gasteiger partial charge in [0, 0.05) is 36.9 Å². The number of amides is 1. The standard InChI is InChI=1S/C21H21N5O2/c1-3-28-20-12-16(6-8-19(20)26-10-4-9-23-26)21(27)25(2)14-15-5-7-18-17(11-15)13-22-24-18/h4-13H,3,14H2,1-2H3,(H,22,24). The van der Waals surface area contributed by atoms with Gasteiger partial charge in [0.2, 0.25) is 0 Å². The van der Waals surface area contributed by atoms with Crippen LogP contribution in [0.1, 0.15) is 22.8 Å². The maximum absolute atomic E-state index is 12.9. The molecule has 0 bridgehead atoms. The Bertz CT molecular complexity index is 1100. The molecule has 142 valence electrons. The minimum absolute atomic E-state index is 0.0692. The van der Waals surface area contributed by atoms with Gasteiger partial charge in [-0.2, -0.15) is 10.2 Å². The number of carbonyl (C=O) groups excluding carboxylic acids is 1. The third-order valence-electron chi connectivity index (χ3n) is 4.53. The molecule has 0 radical (unpaired) electrons. The fraction of sp³-hybridized carbons (Fsp3) is 0.190. The van der Waals surface area contributed by atoms with Crippen molar-refractivity contribution in [2.75, 3.05) is 13.7 Å². The van der Waals surface area contributed by atoms with Crippen LogP contribution in [0.5, 0.6) is 5.75 Å². The quantitative estimate of drug-likeness (QED) is 0.560. The number of carbonyl (C=O) groups is 1. The Morgan fingerprint density at radius 1 is 1.25 bits per heavy atom. The number of hydrogen-bond acceptors (Lipinski definition) is 4. The van der Waals surface area contributed by atoms with Gasteiger partial charge in [0.25, 0.3) is 5.91 Å². The Hall–Kier alpha value is -3.61. The first-order chi connectivity index (χ1) is 13.7. The van der Waals surface area contributed by atoms with Gasteiger partial charge >= 0.3 is 0 Å². The molecule has 1 amide bonds. The number of H-pyrrole nitrogens is 1. The number of benzene rings is 2. The molecule has 7 nitrogen and oxygen atoms in total. The maximum atomic E-state index is 12.9. The molecule has 0 aliphatic heterocycles. The van der Waals surface area contributed by atoms with Gasteiger partial charge in [0.05, 0.1) is 18.3 Å². The summed E-state index contributed by atoms with van der Waals surface area (Å²) in [6.45, 7) is 2.93. The number of aromatic nitrogens is 4. The summed E-state index contributed by atoms with van der Waals surface area (Å²) in [5.41, 5.74) is 3.40. The third-order valence-corrected chi connectivity index (χ3v) is 4.53. The van der Waals surface area contributed by atoms with E-state index in [1.165, 1.54) is 0 Å². The molecule has 0 aliphatic carbocycles. The van der Waals surface area contributed by atoms with Crippen LogP contribution >= 0.6 is 0 Å². The van der Waals surface area contributed by atoms with Crippen LogP contribution in [0, 0.1) is 0 Å². The van der Waals surface area contributed by atoms with Gasteiger partial charge in [-0.3, -0.25) is 9.89 Å². The average molecular weight is 375 g/mol. The molecule has 1 N–H and O–H groups in total. The molecule has 2 aromatic heterocycles. The van der Waals surface area contributed by atoms with Crippen LogP contribution in [0.2, 0.25) is 0 Å². The van der Waals surface area contributed by atoms with Crippen LogP contribution < -0.4 is 4.74 Å². The van der Waals surface area contributed by atoms with Gasteiger partial charge in [0.15, 0.2) is 0 Å². The van der Waals surface area contributed by atoms with Crippen molar-refractivity contribution in [1.29, 1.82) is 0 Å². The smallest absolute Gasteiger partial charge is 0.254 e. The van der Waals surface area contributed by atoms with E-state index in [1.807, 2.05) is 43.5 Å². The van der Waals surface area contributed by atoms with E-state index < -0.39 is 0 Å². The molecular weight excluding hydrogens is 354 g/mol. The minimum Gasteiger partial charge on any atom is -0.492 e. The minimum atomic E-state index is -0.0692. The number of aromatic amines is 1. The summed E-state index contributed by atoms with van der Waals surface area (Å²) in [6.07, 6.45) is 5.33. The zero-order valence-corrected chi connectivity index (χ0v) is 15.8. The lowest BCUT2D eigenvalue weighted by atomic mass is 10.1. The van der Waals surface area contributed by atoms with Crippen molar-refractivity contribution in [3.05, 3.63) is 72.2 Å². The van der Waals surface area contributed by atoms with E-state index >= 15 is 0 Å². The van der Waals surface area contributed by atoms with Gasteiger partial charge in [-0.15, -0.1) is 0 Å². The Balaban J connectivity index is 1.56. The fourth-order valence-electron chi connectivity index (χ4n) is 3.18. The zero-order chi connectivity index (χ0) is 19.5. The van der Waals surface area contributed by atoms with Gasteiger partial charge in [0.1, 0.15) is 11.4 Å². The summed E-state index contributed by atoms with van der Waals surface area (Å²) in [5, 5.41) is 12.2. The number of ether oxygens (including phenoxy) is 1. The van der Waals surface area contributed by atoms with Crippen LogP contribution in [-0.2, 0) is 6.54 Å². The summed E-state index contributed by atoms with van der Waals surface area (Å²) in [5.74, 6) is 0.561.